The van der Waals surface area contributed by atoms with Crippen molar-refractivity contribution < 1.29 is 50.0 Å². The van der Waals surface area contributed by atoms with Crippen molar-refractivity contribution in [2.45, 2.75) is 30.5 Å². The molecule has 2 heterocycles. The summed E-state index contributed by atoms with van der Waals surface area (Å²) in [6.45, 7) is -0.703. The lowest BCUT2D eigenvalue weighted by molar-refractivity contribution is -0.231. The van der Waals surface area contributed by atoms with Gasteiger partial charge in [-0.05, 0) is 24.3 Å². The van der Waals surface area contributed by atoms with Gasteiger partial charge in [-0.15, -0.1) is 0 Å². The van der Waals surface area contributed by atoms with E-state index in [1.165, 1.54) is 12.1 Å². The molecule has 1 aliphatic rings. The van der Waals surface area contributed by atoms with Crippen LogP contribution in [-0.2, 0) is 4.74 Å². The zero-order valence-corrected chi connectivity index (χ0v) is 16.3. The molecule has 1 saturated heterocycles. The van der Waals surface area contributed by atoms with Crippen molar-refractivity contribution in [3.8, 4) is 34.3 Å². The van der Waals surface area contributed by atoms with Crippen LogP contribution in [0.3, 0.4) is 0 Å². The van der Waals surface area contributed by atoms with Gasteiger partial charge < -0.3 is 50.0 Å². The van der Waals surface area contributed by atoms with E-state index in [9.17, 15) is 45.6 Å². The van der Waals surface area contributed by atoms with E-state index in [-0.39, 0.29) is 22.5 Å². The fourth-order valence-corrected chi connectivity index (χ4v) is 3.72. The summed E-state index contributed by atoms with van der Waals surface area (Å²) in [5.41, 5.74) is -1.05. The fourth-order valence-electron chi connectivity index (χ4n) is 3.72. The van der Waals surface area contributed by atoms with Gasteiger partial charge in [0, 0.05) is 17.2 Å². The zero-order chi connectivity index (χ0) is 23.3. The summed E-state index contributed by atoms with van der Waals surface area (Å²) in [7, 11) is 0. The number of aromatic hydroxyl groups is 4. The molecule has 0 spiro atoms. The normalized spacial score (nSPS) is 25.8. The Bertz CT molecular complexity index is 1230. The van der Waals surface area contributed by atoms with E-state index in [1.54, 1.807) is 0 Å². The number of aliphatic hydroxyl groups excluding tert-OH is 4. The van der Waals surface area contributed by atoms with Gasteiger partial charge in [-0.1, -0.05) is 0 Å². The van der Waals surface area contributed by atoms with Gasteiger partial charge in [0.1, 0.15) is 47.2 Å². The highest BCUT2D eigenvalue weighted by Crippen LogP contribution is 2.43. The van der Waals surface area contributed by atoms with Gasteiger partial charge in [-0.2, -0.15) is 0 Å². The Morgan fingerprint density at radius 2 is 1.56 bits per heavy atom. The van der Waals surface area contributed by atoms with Crippen LogP contribution in [0.5, 0.6) is 23.0 Å². The molecule has 1 aliphatic heterocycles. The summed E-state index contributed by atoms with van der Waals surface area (Å²) in [6.07, 6.45) is -7.85. The second-order valence-corrected chi connectivity index (χ2v) is 7.47. The van der Waals surface area contributed by atoms with E-state index in [2.05, 4.69) is 0 Å². The van der Waals surface area contributed by atoms with E-state index in [0.717, 1.165) is 18.2 Å². The van der Waals surface area contributed by atoms with Crippen molar-refractivity contribution in [1.82, 2.24) is 0 Å². The van der Waals surface area contributed by atoms with Crippen LogP contribution in [0.15, 0.2) is 39.5 Å². The minimum Gasteiger partial charge on any atom is -0.504 e. The lowest BCUT2D eigenvalue weighted by atomic mass is 9.90. The molecule has 0 saturated carbocycles. The Balaban J connectivity index is 1.96. The number of benzene rings is 2. The third-order valence-electron chi connectivity index (χ3n) is 5.44. The van der Waals surface area contributed by atoms with Gasteiger partial charge in [0.25, 0.3) is 0 Å². The molecule has 11 nitrogen and oxygen atoms in total. The van der Waals surface area contributed by atoms with E-state index in [0.29, 0.717) is 0 Å². The van der Waals surface area contributed by atoms with E-state index >= 15 is 0 Å². The Hall–Kier alpha value is -3.35. The third kappa shape index (κ3) is 3.42. The number of phenols is 4. The number of hydrogen-bond acceptors (Lipinski definition) is 11. The highest BCUT2D eigenvalue weighted by atomic mass is 16.5. The summed E-state index contributed by atoms with van der Waals surface area (Å²) in [5, 5.41) is 79.3. The number of hydrogen-bond donors (Lipinski definition) is 8. The first-order valence-electron chi connectivity index (χ1n) is 9.49. The SMILES string of the molecule is O=c1cc(-c2ccc(O)c(O)c2)oc2c([C@@H]3O[C@H](CO)[C@@H](O)[C@H](O)[C@H]3O)cc(O)c(O)c12. The molecule has 1 fully saturated rings. The van der Waals surface area contributed by atoms with Crippen molar-refractivity contribution in [3.05, 3.63) is 46.1 Å². The molecule has 11 heteroatoms. The van der Waals surface area contributed by atoms with Crippen LogP contribution >= 0.6 is 0 Å². The molecular weight excluding hydrogens is 428 g/mol. The van der Waals surface area contributed by atoms with Gasteiger partial charge in [-0.25, -0.2) is 0 Å². The molecule has 0 unspecified atom stereocenters. The lowest BCUT2D eigenvalue weighted by Gasteiger charge is -2.40. The number of aliphatic hydroxyl groups is 4. The maximum atomic E-state index is 12.8. The van der Waals surface area contributed by atoms with Gasteiger partial charge >= 0.3 is 0 Å². The maximum Gasteiger partial charge on any atom is 0.197 e. The largest absolute Gasteiger partial charge is 0.504 e. The van der Waals surface area contributed by atoms with Crippen LogP contribution in [0.4, 0.5) is 0 Å². The number of fused-ring (bicyclic) bond motifs is 1. The molecule has 5 atom stereocenters. The Morgan fingerprint density at radius 1 is 0.844 bits per heavy atom. The second kappa shape index (κ2) is 7.97. The molecule has 170 valence electrons. The second-order valence-electron chi connectivity index (χ2n) is 7.47. The van der Waals surface area contributed by atoms with Crippen LogP contribution in [-0.4, -0.2) is 71.9 Å². The molecule has 4 rings (SSSR count). The van der Waals surface area contributed by atoms with Gasteiger partial charge in [-0.3, -0.25) is 4.79 Å². The topological polar surface area (TPSA) is 201 Å². The van der Waals surface area contributed by atoms with Crippen molar-refractivity contribution in [2.24, 2.45) is 0 Å². The molecular formula is C21H20O11. The van der Waals surface area contributed by atoms with Crippen LogP contribution in [0.2, 0.25) is 0 Å². The molecule has 2 aromatic carbocycles. The molecule has 0 bridgehead atoms. The monoisotopic (exact) mass is 448 g/mol. The van der Waals surface area contributed by atoms with E-state index in [1.807, 2.05) is 0 Å². The molecule has 32 heavy (non-hydrogen) atoms. The first-order chi connectivity index (χ1) is 15.1. The first kappa shape index (κ1) is 21.9. The fraction of sp³-hybridized carbons (Fsp3) is 0.286. The van der Waals surface area contributed by atoms with Gasteiger partial charge in [0.2, 0.25) is 0 Å². The first-order valence-corrected chi connectivity index (χ1v) is 9.49. The van der Waals surface area contributed by atoms with E-state index < -0.39 is 70.9 Å². The molecule has 0 radical (unpaired) electrons. The average molecular weight is 448 g/mol. The summed E-state index contributed by atoms with van der Waals surface area (Å²) >= 11 is 0. The number of ether oxygens (including phenoxy) is 1. The third-order valence-corrected chi connectivity index (χ3v) is 5.44. The number of phenolic OH excluding ortho intramolecular Hbond substituents is 4. The molecule has 8 N–H and O–H groups in total. The van der Waals surface area contributed by atoms with Crippen molar-refractivity contribution in [2.75, 3.05) is 6.61 Å². The smallest absolute Gasteiger partial charge is 0.197 e. The van der Waals surface area contributed by atoms with Crippen molar-refractivity contribution >= 4 is 11.0 Å². The zero-order valence-electron chi connectivity index (χ0n) is 16.3. The molecule has 1 aromatic heterocycles. The quantitative estimate of drug-likeness (QED) is 0.247. The van der Waals surface area contributed by atoms with Crippen LogP contribution in [0, 0.1) is 0 Å². The Morgan fingerprint density at radius 3 is 2.22 bits per heavy atom. The molecule has 0 amide bonds. The van der Waals surface area contributed by atoms with Gasteiger partial charge in [0.15, 0.2) is 28.4 Å². The summed E-state index contributed by atoms with van der Waals surface area (Å²) in [5.74, 6) is -2.49. The summed E-state index contributed by atoms with van der Waals surface area (Å²) < 4.78 is 11.3. The summed E-state index contributed by atoms with van der Waals surface area (Å²) in [4.78, 5) is 12.8. The Labute approximate surface area is 179 Å². The number of rotatable bonds is 3. The van der Waals surface area contributed by atoms with Crippen LogP contribution < -0.4 is 5.43 Å². The van der Waals surface area contributed by atoms with Crippen molar-refractivity contribution in [1.29, 1.82) is 0 Å². The minimum absolute atomic E-state index is 0.0891. The highest BCUT2D eigenvalue weighted by Gasteiger charge is 2.45. The van der Waals surface area contributed by atoms with E-state index in [4.69, 9.17) is 9.15 Å². The van der Waals surface area contributed by atoms with Crippen molar-refractivity contribution in [3.63, 3.8) is 0 Å². The average Bonchev–Trinajstić information content (AvgIpc) is 2.76. The standard InChI is InChI=1S/C21H20O11/c22-6-14-17(28)18(29)19(30)21(32-14)8-4-12(26)16(27)15-11(25)5-13(31-20(8)15)7-1-2-9(23)10(24)3-7/h1-5,14,17-19,21-24,26-30H,6H2/t14-,17-,18+,19-,21+/m1/s1. The molecule has 3 aromatic rings. The summed E-state index contributed by atoms with van der Waals surface area (Å²) in [6, 6.07) is 5.61. The lowest BCUT2D eigenvalue weighted by Crippen LogP contribution is -2.55. The van der Waals surface area contributed by atoms with Crippen LogP contribution in [0.1, 0.15) is 11.7 Å². The predicted molar refractivity (Wildman–Crippen MR) is 107 cm³/mol. The van der Waals surface area contributed by atoms with Crippen LogP contribution in [0.25, 0.3) is 22.3 Å². The maximum absolute atomic E-state index is 12.8. The minimum atomic E-state index is -1.74. The predicted octanol–water partition coefficient (Wildman–Crippen LogP) is -0.203. The van der Waals surface area contributed by atoms with Gasteiger partial charge in [0.05, 0.1) is 6.61 Å². The Kier molecular flexibility index (Phi) is 5.44. The molecule has 0 aliphatic carbocycles. The highest BCUT2D eigenvalue weighted by molar-refractivity contribution is 5.90.